The Morgan fingerprint density at radius 1 is 1.04 bits per heavy atom. The molecule has 1 unspecified atom stereocenters. The van der Waals surface area contributed by atoms with E-state index in [1.807, 2.05) is 29.2 Å². The van der Waals surface area contributed by atoms with Gasteiger partial charge in [0, 0.05) is 29.9 Å². The lowest BCUT2D eigenvalue weighted by atomic mass is 9.98. The van der Waals surface area contributed by atoms with Crippen LogP contribution in [0.3, 0.4) is 0 Å². The number of halogens is 1. The maximum atomic E-state index is 12.7. The van der Waals surface area contributed by atoms with Gasteiger partial charge in [-0.1, -0.05) is 36.6 Å². The fraction of sp³-hybridized carbons (Fsp3) is 0.550. The molecule has 138 valence electrons. The fourth-order valence-electron chi connectivity index (χ4n) is 4.04. The predicted molar refractivity (Wildman–Crippen MR) is 105 cm³/mol. The van der Waals surface area contributed by atoms with Crippen LogP contribution in [0.5, 0.6) is 0 Å². The Balaban J connectivity index is 1.39. The zero-order valence-electron chi connectivity index (χ0n) is 14.9. The molecule has 26 heavy (non-hydrogen) atoms. The topological polar surface area (TPSA) is 46.1 Å². The molecule has 1 aromatic carbocycles. The van der Waals surface area contributed by atoms with Crippen LogP contribution in [0.1, 0.15) is 65.9 Å². The third kappa shape index (κ3) is 4.09. The van der Waals surface area contributed by atoms with E-state index in [-0.39, 0.29) is 5.91 Å². The molecule has 1 aliphatic carbocycles. The summed E-state index contributed by atoms with van der Waals surface area (Å²) in [5, 5.41) is 12.0. The molecule has 1 atom stereocenters. The number of hydrogen-bond donors (Lipinski definition) is 0. The van der Waals surface area contributed by atoms with E-state index in [1.54, 1.807) is 11.3 Å². The molecule has 2 aromatic rings. The Bertz CT molecular complexity index is 755. The van der Waals surface area contributed by atoms with E-state index in [0.29, 0.717) is 23.3 Å². The molecule has 2 aliphatic rings. The molecule has 1 saturated carbocycles. The zero-order chi connectivity index (χ0) is 17.9. The summed E-state index contributed by atoms with van der Waals surface area (Å²) in [7, 11) is 0. The molecular weight excluding hydrogens is 366 g/mol. The Hall–Kier alpha value is -1.46. The van der Waals surface area contributed by atoms with E-state index >= 15 is 0 Å². The fourth-order valence-corrected chi connectivity index (χ4v) is 5.31. The number of carbonyl (C=O) groups excluding carboxylic acids is 1. The summed E-state index contributed by atoms with van der Waals surface area (Å²) in [4.78, 5) is 14.7. The Labute approximate surface area is 163 Å². The van der Waals surface area contributed by atoms with Crippen LogP contribution in [0.15, 0.2) is 24.3 Å². The standard InChI is InChI=1S/C20H24ClN3OS/c21-17-9-7-14(8-10-17)12-18(25)24-11-3-6-16(13-24)20-23-22-19(26-20)15-4-1-2-5-15/h7-10,15-16H,1-6,11-13H2. The summed E-state index contributed by atoms with van der Waals surface area (Å²) in [5.41, 5.74) is 1.01. The Morgan fingerprint density at radius 2 is 1.69 bits per heavy atom. The van der Waals surface area contributed by atoms with E-state index in [9.17, 15) is 4.79 Å². The molecule has 0 N–H and O–H groups in total. The van der Waals surface area contributed by atoms with Gasteiger partial charge in [0.2, 0.25) is 5.91 Å². The van der Waals surface area contributed by atoms with Crippen LogP contribution in [0.2, 0.25) is 5.02 Å². The molecule has 1 saturated heterocycles. The summed E-state index contributed by atoms with van der Waals surface area (Å²) in [6.45, 7) is 1.61. The number of aromatic nitrogens is 2. The molecule has 2 fully saturated rings. The largest absolute Gasteiger partial charge is 0.342 e. The van der Waals surface area contributed by atoms with Crippen molar-refractivity contribution in [1.82, 2.24) is 15.1 Å². The first-order chi connectivity index (χ1) is 12.7. The van der Waals surface area contributed by atoms with Crippen molar-refractivity contribution in [3.8, 4) is 0 Å². The van der Waals surface area contributed by atoms with E-state index in [0.717, 1.165) is 36.5 Å². The molecular formula is C20H24ClN3OS. The third-order valence-corrected chi connectivity index (χ3v) is 7.05. The highest BCUT2D eigenvalue weighted by Crippen LogP contribution is 2.38. The van der Waals surface area contributed by atoms with Gasteiger partial charge in [-0.15, -0.1) is 21.5 Å². The monoisotopic (exact) mass is 389 g/mol. The second kappa shape index (κ2) is 8.05. The number of benzene rings is 1. The van der Waals surface area contributed by atoms with Crippen LogP contribution in [-0.4, -0.2) is 34.1 Å². The minimum atomic E-state index is 0.192. The molecule has 6 heteroatoms. The number of piperidine rings is 1. The first-order valence-electron chi connectivity index (χ1n) is 9.54. The van der Waals surface area contributed by atoms with Crippen LogP contribution in [0.25, 0.3) is 0 Å². The zero-order valence-corrected chi connectivity index (χ0v) is 16.4. The minimum Gasteiger partial charge on any atom is -0.342 e. The van der Waals surface area contributed by atoms with Gasteiger partial charge >= 0.3 is 0 Å². The maximum absolute atomic E-state index is 12.7. The van der Waals surface area contributed by atoms with Crippen molar-refractivity contribution >= 4 is 28.8 Å². The summed E-state index contributed by atoms with van der Waals surface area (Å²) in [6.07, 6.45) is 7.72. The smallest absolute Gasteiger partial charge is 0.227 e. The number of nitrogens with zero attached hydrogens (tertiary/aromatic N) is 3. The van der Waals surface area contributed by atoms with Gasteiger partial charge in [0.1, 0.15) is 10.0 Å². The first kappa shape index (κ1) is 17.9. The molecule has 0 radical (unpaired) electrons. The second-order valence-corrected chi connectivity index (χ2v) is 8.92. The normalized spacial score (nSPS) is 21.3. The van der Waals surface area contributed by atoms with Gasteiger partial charge < -0.3 is 4.90 Å². The van der Waals surface area contributed by atoms with E-state index in [1.165, 1.54) is 30.7 Å². The Kier molecular flexibility index (Phi) is 5.55. The molecule has 4 nitrogen and oxygen atoms in total. The highest BCUT2D eigenvalue weighted by atomic mass is 35.5. The quantitative estimate of drug-likeness (QED) is 0.754. The van der Waals surface area contributed by atoms with Crippen molar-refractivity contribution in [2.45, 2.75) is 56.8 Å². The van der Waals surface area contributed by atoms with E-state index < -0.39 is 0 Å². The van der Waals surface area contributed by atoms with Crippen LogP contribution >= 0.6 is 22.9 Å². The third-order valence-electron chi connectivity index (χ3n) is 5.55. The molecule has 1 amide bonds. The predicted octanol–water partition coefficient (Wildman–Crippen LogP) is 4.80. The second-order valence-electron chi connectivity index (χ2n) is 7.44. The average Bonchev–Trinajstić information content (AvgIpc) is 3.35. The summed E-state index contributed by atoms with van der Waals surface area (Å²) >= 11 is 7.71. The van der Waals surface area contributed by atoms with Crippen molar-refractivity contribution < 1.29 is 4.79 Å². The van der Waals surface area contributed by atoms with Crippen LogP contribution in [0.4, 0.5) is 0 Å². The number of carbonyl (C=O) groups is 1. The molecule has 0 bridgehead atoms. The maximum Gasteiger partial charge on any atom is 0.227 e. The van der Waals surface area contributed by atoms with Gasteiger partial charge in [0.25, 0.3) is 0 Å². The van der Waals surface area contributed by atoms with Crippen molar-refractivity contribution in [3.63, 3.8) is 0 Å². The summed E-state index contributed by atoms with van der Waals surface area (Å²) < 4.78 is 0. The highest BCUT2D eigenvalue weighted by Gasteiger charge is 2.29. The van der Waals surface area contributed by atoms with E-state index in [2.05, 4.69) is 10.2 Å². The minimum absolute atomic E-state index is 0.192. The van der Waals surface area contributed by atoms with Gasteiger partial charge in [-0.05, 0) is 43.4 Å². The molecule has 1 aliphatic heterocycles. The SMILES string of the molecule is O=C(Cc1ccc(Cl)cc1)N1CCCC(c2nnc(C3CCCC3)s2)C1. The molecule has 1 aromatic heterocycles. The first-order valence-corrected chi connectivity index (χ1v) is 10.7. The lowest BCUT2D eigenvalue weighted by Crippen LogP contribution is -2.39. The van der Waals surface area contributed by atoms with Crippen molar-refractivity contribution in [2.75, 3.05) is 13.1 Å². The summed E-state index contributed by atoms with van der Waals surface area (Å²) in [6, 6.07) is 7.55. The van der Waals surface area contributed by atoms with Crippen LogP contribution in [0, 0.1) is 0 Å². The van der Waals surface area contributed by atoms with Crippen molar-refractivity contribution in [2.24, 2.45) is 0 Å². The number of rotatable bonds is 4. The molecule has 0 spiro atoms. The summed E-state index contributed by atoms with van der Waals surface area (Å²) in [5.74, 6) is 1.15. The van der Waals surface area contributed by atoms with Gasteiger partial charge in [0.15, 0.2) is 0 Å². The number of likely N-dealkylation sites (tertiary alicyclic amines) is 1. The lowest BCUT2D eigenvalue weighted by molar-refractivity contribution is -0.131. The van der Waals surface area contributed by atoms with Crippen molar-refractivity contribution in [3.05, 3.63) is 44.9 Å². The van der Waals surface area contributed by atoms with Crippen LogP contribution < -0.4 is 0 Å². The van der Waals surface area contributed by atoms with E-state index in [4.69, 9.17) is 11.6 Å². The molecule has 2 heterocycles. The van der Waals surface area contributed by atoms with Gasteiger partial charge in [0.05, 0.1) is 6.42 Å². The van der Waals surface area contributed by atoms with Gasteiger partial charge in [-0.3, -0.25) is 4.79 Å². The van der Waals surface area contributed by atoms with Gasteiger partial charge in [-0.25, -0.2) is 0 Å². The average molecular weight is 390 g/mol. The Morgan fingerprint density at radius 3 is 2.42 bits per heavy atom. The molecule has 4 rings (SSSR count). The highest BCUT2D eigenvalue weighted by molar-refractivity contribution is 7.11. The van der Waals surface area contributed by atoms with Crippen molar-refractivity contribution in [1.29, 1.82) is 0 Å². The lowest BCUT2D eigenvalue weighted by Gasteiger charge is -2.31. The van der Waals surface area contributed by atoms with Gasteiger partial charge in [-0.2, -0.15) is 0 Å². The number of hydrogen-bond acceptors (Lipinski definition) is 4. The van der Waals surface area contributed by atoms with Crippen LogP contribution in [-0.2, 0) is 11.2 Å². The number of amides is 1.